The highest BCUT2D eigenvalue weighted by molar-refractivity contribution is 7.99. The summed E-state index contributed by atoms with van der Waals surface area (Å²) in [6.45, 7) is 0. The number of rotatable bonds is 6. The molecule has 1 amide bonds. The number of carbonyl (C=O) groups excluding carboxylic acids is 1. The van der Waals surface area contributed by atoms with Crippen molar-refractivity contribution in [3.63, 3.8) is 0 Å². The van der Waals surface area contributed by atoms with Crippen molar-refractivity contribution in [2.75, 3.05) is 11.1 Å². The Morgan fingerprint density at radius 3 is 2.50 bits per heavy atom. The summed E-state index contributed by atoms with van der Waals surface area (Å²) in [7, 11) is 0. The summed E-state index contributed by atoms with van der Waals surface area (Å²) >= 11 is 1.19. The van der Waals surface area contributed by atoms with Gasteiger partial charge in [0.15, 0.2) is 5.16 Å². The molecule has 1 N–H and O–H groups in total. The van der Waals surface area contributed by atoms with Crippen LogP contribution in [-0.4, -0.2) is 41.4 Å². The molecule has 0 unspecified atom stereocenters. The van der Waals surface area contributed by atoms with Crippen LogP contribution in [0.15, 0.2) is 84.0 Å². The quantitative estimate of drug-likeness (QED) is 0.399. The molecular formula is C22H16FN7OS. The van der Waals surface area contributed by atoms with Crippen LogP contribution >= 0.6 is 11.8 Å². The number of anilines is 1. The van der Waals surface area contributed by atoms with E-state index in [0.717, 1.165) is 16.7 Å². The number of hydrogen-bond donors (Lipinski definition) is 1. The molecule has 0 atom stereocenters. The van der Waals surface area contributed by atoms with E-state index in [9.17, 15) is 9.18 Å². The molecule has 10 heteroatoms. The van der Waals surface area contributed by atoms with Gasteiger partial charge in [-0.25, -0.2) is 4.39 Å². The van der Waals surface area contributed by atoms with Crippen molar-refractivity contribution in [2.45, 2.75) is 5.16 Å². The van der Waals surface area contributed by atoms with Crippen LogP contribution in [-0.2, 0) is 4.79 Å². The van der Waals surface area contributed by atoms with Crippen LogP contribution < -0.4 is 5.32 Å². The fraction of sp³-hybridized carbons (Fsp3) is 0.0455. The minimum atomic E-state index is -0.487. The fourth-order valence-corrected chi connectivity index (χ4v) is 3.94. The Kier molecular flexibility index (Phi) is 5.34. The molecule has 0 aliphatic heterocycles. The predicted molar refractivity (Wildman–Crippen MR) is 120 cm³/mol. The van der Waals surface area contributed by atoms with Crippen LogP contribution in [0.25, 0.3) is 22.7 Å². The lowest BCUT2D eigenvalue weighted by Gasteiger charge is -2.10. The smallest absolute Gasteiger partial charge is 0.259 e. The molecule has 3 aromatic carbocycles. The van der Waals surface area contributed by atoms with Crippen LogP contribution in [0.1, 0.15) is 0 Å². The van der Waals surface area contributed by atoms with Gasteiger partial charge in [-0.1, -0.05) is 59.4 Å². The predicted octanol–water partition coefficient (Wildman–Crippen LogP) is 3.87. The molecule has 5 rings (SSSR count). The molecule has 0 bridgehead atoms. The third-order valence-corrected chi connectivity index (χ3v) is 5.58. The number of halogens is 1. The average molecular weight is 445 g/mol. The first-order chi connectivity index (χ1) is 15.7. The minimum absolute atomic E-state index is 0.0252. The molecule has 0 saturated heterocycles. The van der Waals surface area contributed by atoms with Crippen molar-refractivity contribution in [3.05, 3.63) is 84.7 Å². The summed E-state index contributed by atoms with van der Waals surface area (Å²) in [5, 5.41) is 20.1. The van der Waals surface area contributed by atoms with E-state index >= 15 is 0 Å². The lowest BCUT2D eigenvalue weighted by Crippen LogP contribution is -2.15. The average Bonchev–Trinajstić information content (AvgIpc) is 3.44. The zero-order chi connectivity index (χ0) is 21.9. The second kappa shape index (κ2) is 8.60. The summed E-state index contributed by atoms with van der Waals surface area (Å²) in [4.78, 5) is 12.4. The second-order valence-electron chi connectivity index (χ2n) is 6.76. The van der Waals surface area contributed by atoms with Crippen LogP contribution in [0.4, 0.5) is 10.1 Å². The summed E-state index contributed by atoms with van der Waals surface area (Å²) in [5.74, 6) is -0.367. The van der Waals surface area contributed by atoms with Gasteiger partial charge in [0.2, 0.25) is 5.91 Å². The SMILES string of the molecule is O=C(CSc1nnc(-n2nnc3ccccc32)n1-c1ccccc1)Nc1ccccc1F. The maximum absolute atomic E-state index is 13.8. The minimum Gasteiger partial charge on any atom is -0.323 e. The third-order valence-electron chi connectivity index (χ3n) is 4.65. The Labute approximate surface area is 186 Å². The lowest BCUT2D eigenvalue weighted by atomic mass is 10.3. The van der Waals surface area contributed by atoms with Crippen LogP contribution in [0.3, 0.4) is 0 Å². The Morgan fingerprint density at radius 1 is 0.906 bits per heavy atom. The van der Waals surface area contributed by atoms with E-state index < -0.39 is 5.82 Å². The van der Waals surface area contributed by atoms with Gasteiger partial charge in [0.1, 0.15) is 11.3 Å². The first-order valence-electron chi connectivity index (χ1n) is 9.69. The summed E-state index contributed by atoms with van der Waals surface area (Å²) < 4.78 is 17.2. The molecule has 2 heterocycles. The van der Waals surface area contributed by atoms with Crippen molar-refractivity contribution in [1.82, 2.24) is 29.8 Å². The number of nitrogens with one attached hydrogen (secondary N) is 1. The molecule has 0 saturated carbocycles. The number of aromatic nitrogens is 6. The number of carbonyl (C=O) groups is 1. The molecule has 0 aliphatic carbocycles. The van der Waals surface area contributed by atoms with E-state index in [4.69, 9.17) is 0 Å². The Hall–Kier alpha value is -4.05. The van der Waals surface area contributed by atoms with E-state index in [-0.39, 0.29) is 17.3 Å². The summed E-state index contributed by atoms with van der Waals surface area (Å²) in [6.07, 6.45) is 0. The molecular weight excluding hydrogens is 429 g/mol. The number of nitrogens with zero attached hydrogens (tertiary/aromatic N) is 6. The first kappa shape index (κ1) is 19.9. The number of thioether (sulfide) groups is 1. The number of benzene rings is 3. The van der Waals surface area contributed by atoms with Crippen molar-refractivity contribution in [1.29, 1.82) is 0 Å². The van der Waals surface area contributed by atoms with Gasteiger partial charge in [0, 0.05) is 0 Å². The molecule has 5 aromatic rings. The van der Waals surface area contributed by atoms with Gasteiger partial charge in [0.25, 0.3) is 5.95 Å². The van der Waals surface area contributed by atoms with Gasteiger partial charge in [0.05, 0.1) is 22.6 Å². The maximum atomic E-state index is 13.8. The molecule has 0 fully saturated rings. The normalized spacial score (nSPS) is 11.0. The van der Waals surface area contributed by atoms with Gasteiger partial charge in [-0.2, -0.15) is 4.68 Å². The number of amides is 1. The molecule has 0 spiro atoms. The molecule has 32 heavy (non-hydrogen) atoms. The Balaban J connectivity index is 1.47. The highest BCUT2D eigenvalue weighted by Crippen LogP contribution is 2.25. The van der Waals surface area contributed by atoms with Gasteiger partial charge in [-0.15, -0.1) is 15.3 Å². The molecule has 0 aliphatic rings. The molecule has 8 nitrogen and oxygen atoms in total. The van der Waals surface area contributed by atoms with E-state index in [0.29, 0.717) is 11.1 Å². The van der Waals surface area contributed by atoms with Crippen LogP contribution in [0.2, 0.25) is 0 Å². The molecule has 0 radical (unpaired) electrons. The largest absolute Gasteiger partial charge is 0.323 e. The topological polar surface area (TPSA) is 90.5 Å². The van der Waals surface area contributed by atoms with Gasteiger partial charge in [-0.05, 0) is 36.4 Å². The van der Waals surface area contributed by atoms with Crippen molar-refractivity contribution in [3.8, 4) is 11.6 Å². The first-order valence-corrected chi connectivity index (χ1v) is 10.7. The second-order valence-corrected chi connectivity index (χ2v) is 7.70. The standard InChI is InChI=1S/C22H16FN7OS/c23-16-10-4-5-11-17(16)24-20(31)14-32-22-27-26-21(29(22)15-8-2-1-3-9-15)30-19-13-7-6-12-18(19)25-28-30/h1-13H,14H2,(H,24,31). The molecule has 2 aromatic heterocycles. The highest BCUT2D eigenvalue weighted by Gasteiger charge is 2.20. The lowest BCUT2D eigenvalue weighted by molar-refractivity contribution is -0.113. The van der Waals surface area contributed by atoms with Crippen molar-refractivity contribution >= 4 is 34.4 Å². The van der Waals surface area contributed by atoms with Gasteiger partial charge >= 0.3 is 0 Å². The summed E-state index contributed by atoms with van der Waals surface area (Å²) in [6, 6.07) is 23.1. The Bertz CT molecular complexity index is 1400. The zero-order valence-electron chi connectivity index (χ0n) is 16.6. The van der Waals surface area contributed by atoms with E-state index in [1.807, 2.05) is 59.2 Å². The van der Waals surface area contributed by atoms with Gasteiger partial charge in [-0.3, -0.25) is 9.36 Å². The van der Waals surface area contributed by atoms with E-state index in [2.05, 4.69) is 25.8 Å². The van der Waals surface area contributed by atoms with Crippen molar-refractivity contribution in [2.24, 2.45) is 0 Å². The molecule has 158 valence electrons. The number of para-hydroxylation sites is 3. The van der Waals surface area contributed by atoms with E-state index in [1.54, 1.807) is 16.8 Å². The van der Waals surface area contributed by atoms with E-state index in [1.165, 1.54) is 23.9 Å². The van der Waals surface area contributed by atoms with Gasteiger partial charge < -0.3 is 5.32 Å². The highest BCUT2D eigenvalue weighted by atomic mass is 32.2. The van der Waals surface area contributed by atoms with Crippen LogP contribution in [0.5, 0.6) is 0 Å². The number of fused-ring (bicyclic) bond motifs is 1. The number of hydrogen-bond acceptors (Lipinski definition) is 6. The van der Waals surface area contributed by atoms with Crippen molar-refractivity contribution < 1.29 is 9.18 Å². The summed E-state index contributed by atoms with van der Waals surface area (Å²) in [5.41, 5.74) is 2.46. The fourth-order valence-electron chi connectivity index (χ4n) is 3.19. The zero-order valence-corrected chi connectivity index (χ0v) is 17.4. The third kappa shape index (κ3) is 3.83. The monoisotopic (exact) mass is 445 g/mol. The van der Waals surface area contributed by atoms with Crippen LogP contribution in [0, 0.1) is 5.82 Å². The Morgan fingerprint density at radius 2 is 1.66 bits per heavy atom. The maximum Gasteiger partial charge on any atom is 0.259 e.